The maximum atomic E-state index is 7.61. The molecule has 0 aliphatic carbocycles. The molecule has 0 saturated heterocycles. The monoisotopic (exact) mass is 954 g/mol. The first-order valence-electron chi connectivity index (χ1n) is 22.2. The van der Waals surface area contributed by atoms with E-state index in [-0.39, 0.29) is 14.8 Å². The number of hydrogen-bond acceptors (Lipinski definition) is 2. The number of fused-ring (bicyclic) bond motifs is 1. The van der Waals surface area contributed by atoms with E-state index < -0.39 is 87.1 Å². The molecule has 55 heavy (non-hydrogen) atoms. The molecule has 2 nitrogen and oxygen atoms in total. The van der Waals surface area contributed by atoms with Crippen molar-refractivity contribution >= 4 is 102 Å². The normalized spacial score (nSPS) is 16.6. The topological polar surface area (TPSA) is 18.5 Å². The fourth-order valence-corrected chi connectivity index (χ4v) is 226. The van der Waals surface area contributed by atoms with E-state index in [0.717, 1.165) is 41.7 Å². The first-order chi connectivity index (χ1) is 24.0. The molecule has 0 radical (unpaired) electrons. The van der Waals surface area contributed by atoms with Crippen LogP contribution >= 0.6 is 0 Å². The third kappa shape index (κ3) is 11.1. The lowest BCUT2D eigenvalue weighted by atomic mass is 10.3. The standard InChI is InChI=1S/C40H95BO2Si12/c1-33(2)54(37(46(5,6)7)47(8,9)10,38(48(11,12)13)49(14,15)16)44-45(41-42-35-31-29-30-32-36(35)43-41)55(34(3)4,39(50(17,18)19)51(20,21)22)40(52(23,24)25)53(26,27)28/h29-34,37-40,44H,1-28H3/b45-44+. The van der Waals surface area contributed by atoms with Crippen LogP contribution in [0.2, 0.25) is 187 Å². The molecule has 15 heteroatoms. The van der Waals surface area contributed by atoms with Gasteiger partial charge < -0.3 is 9.31 Å². The van der Waals surface area contributed by atoms with Gasteiger partial charge in [-0.15, -0.1) is 0 Å². The van der Waals surface area contributed by atoms with Crippen LogP contribution in [0.4, 0.5) is 0 Å². The minimum absolute atomic E-state index is 0.0321. The van der Waals surface area contributed by atoms with Crippen molar-refractivity contribution in [3.05, 3.63) is 24.3 Å². The van der Waals surface area contributed by atoms with Gasteiger partial charge in [0, 0.05) is 64.6 Å². The molecule has 0 saturated carbocycles. The van der Waals surface area contributed by atoms with E-state index in [9.17, 15) is 0 Å². The second kappa shape index (κ2) is 17.0. The Labute approximate surface area is 359 Å². The van der Waals surface area contributed by atoms with Gasteiger partial charge >= 0.3 is 6.71 Å². The van der Waals surface area contributed by atoms with E-state index in [1.54, 1.807) is 0 Å². The molecule has 318 valence electrons. The summed E-state index contributed by atoms with van der Waals surface area (Å²) in [5.41, 5.74) is 1.54. The molecular weight excluding hydrogens is 860 g/mol. The Bertz CT molecular complexity index is 1350. The summed E-state index contributed by atoms with van der Waals surface area (Å²) < 4.78 is 15.2. The fourth-order valence-electron chi connectivity index (χ4n) is 15.4. The molecule has 0 atom stereocenters. The highest BCUT2D eigenvalue weighted by molar-refractivity contribution is 7.71. The lowest BCUT2D eigenvalue weighted by Gasteiger charge is -2.64. The molecule has 0 unspecified atom stereocenters. The average Bonchev–Trinajstić information content (AvgIpc) is 3.28. The van der Waals surface area contributed by atoms with Crippen LogP contribution in [0.3, 0.4) is 0 Å². The van der Waals surface area contributed by atoms with E-state index in [2.05, 4.69) is 209 Å². The fraction of sp³-hybridized carbons (Fsp3) is 0.850. The molecule has 1 heterocycles. The highest BCUT2D eigenvalue weighted by Gasteiger charge is 2.70. The zero-order valence-electron chi connectivity index (χ0n) is 42.2. The third-order valence-electron chi connectivity index (χ3n) is 13.3. The summed E-state index contributed by atoms with van der Waals surface area (Å²) in [6.45, 7) is 79.6. The summed E-state index contributed by atoms with van der Waals surface area (Å²) in [5, 5.41) is 0. The van der Waals surface area contributed by atoms with Gasteiger partial charge in [-0.05, 0) is 20.3 Å². The summed E-state index contributed by atoms with van der Waals surface area (Å²) in [4.78, 5) is 3.90. The van der Waals surface area contributed by atoms with Crippen LogP contribution in [-0.4, -0.2) is 102 Å². The summed E-state index contributed by atoms with van der Waals surface area (Å²) in [6.07, 6.45) is 0. The second-order valence-electron chi connectivity index (χ2n) is 27.5. The summed E-state index contributed by atoms with van der Waals surface area (Å²) in [7, 11) is -18.6. The van der Waals surface area contributed by atoms with Gasteiger partial charge in [-0.1, -0.05) is 227 Å². The van der Waals surface area contributed by atoms with E-state index in [4.69, 9.17) is 9.31 Å². The van der Waals surface area contributed by atoms with Gasteiger partial charge in [-0.2, -0.15) is 0 Å². The first-order valence-corrected chi connectivity index (χ1v) is 61.5. The van der Waals surface area contributed by atoms with E-state index >= 15 is 0 Å². The molecule has 2 rings (SSSR count). The Balaban J connectivity index is 3.83. The smallest absolute Gasteiger partial charge is 0.524 e. The van der Waals surface area contributed by atoms with Gasteiger partial charge in [0.15, 0.2) is 0 Å². The molecule has 1 aromatic rings. The third-order valence-corrected chi connectivity index (χ3v) is 128. The lowest BCUT2D eigenvalue weighted by molar-refractivity contribution is 0.527. The number of hydrogen-bond donors (Lipinski definition) is 0. The molecule has 0 aromatic heterocycles. The molecule has 0 fully saturated rings. The average molecular weight is 956 g/mol. The van der Waals surface area contributed by atoms with Gasteiger partial charge in [0.2, 0.25) is 0 Å². The highest BCUT2D eigenvalue weighted by Crippen LogP contribution is 2.59. The van der Waals surface area contributed by atoms with Crippen molar-refractivity contribution in [1.82, 2.24) is 0 Å². The van der Waals surface area contributed by atoms with E-state index in [1.807, 2.05) is 0 Å². The van der Waals surface area contributed by atoms with Crippen LogP contribution in [0.5, 0.6) is 11.5 Å². The lowest BCUT2D eigenvalue weighted by Crippen LogP contribution is -2.80. The van der Waals surface area contributed by atoms with Crippen molar-refractivity contribution in [3.63, 3.8) is 0 Å². The first kappa shape index (κ1) is 52.6. The zero-order valence-corrected chi connectivity index (χ0v) is 54.4. The van der Waals surface area contributed by atoms with E-state index in [1.165, 1.54) is 0 Å². The predicted molar refractivity (Wildman–Crippen MR) is 290 cm³/mol. The van der Waals surface area contributed by atoms with Gasteiger partial charge in [-0.25, -0.2) is 0 Å². The molecule has 0 spiro atoms. The maximum absolute atomic E-state index is 7.61. The minimum Gasteiger partial charge on any atom is -0.524 e. The van der Waals surface area contributed by atoms with Crippen molar-refractivity contribution in [3.8, 4) is 11.5 Å². The second-order valence-corrected chi connectivity index (χ2v) is 101. The Morgan fingerprint density at radius 3 is 0.873 bits per heavy atom. The number of para-hydroxylation sites is 2. The van der Waals surface area contributed by atoms with Crippen LogP contribution in [0, 0.1) is 0 Å². The van der Waals surface area contributed by atoms with Gasteiger partial charge in [0.25, 0.3) is 0 Å². The Kier molecular flexibility index (Phi) is 16.3. The maximum Gasteiger partial charge on any atom is 0.575 e. The molecule has 1 aliphatic rings. The van der Waals surface area contributed by atoms with Crippen LogP contribution < -0.4 is 9.31 Å². The SMILES string of the molecule is CC(C)[Si](/[SiH]=[Si](\B1Oc2ccccc2O1)[Si](C(C)C)(C([Si](C)(C)C)[Si](C)(C)C)C([Si](C)(C)C)[Si](C)(C)C)(C([Si](C)(C)C)[Si](C)(C)C)C([Si](C)(C)C)[Si](C)(C)C. The number of benzene rings is 1. The van der Waals surface area contributed by atoms with Crippen molar-refractivity contribution in [2.24, 2.45) is 0 Å². The van der Waals surface area contributed by atoms with Gasteiger partial charge in [0.05, 0.1) is 22.5 Å². The van der Waals surface area contributed by atoms with Crippen LogP contribution in [0.15, 0.2) is 24.3 Å². The molecule has 0 bridgehead atoms. The molecular formula is C40H95BO2Si12. The molecule has 0 N–H and O–H groups in total. The van der Waals surface area contributed by atoms with Crippen molar-refractivity contribution in [1.29, 1.82) is 0 Å². The Hall–Kier alpha value is 1.49. The summed E-state index contributed by atoms with van der Waals surface area (Å²) in [6, 6.07) is 8.89. The molecule has 1 aromatic carbocycles. The Morgan fingerprint density at radius 1 is 0.418 bits per heavy atom. The van der Waals surface area contributed by atoms with Gasteiger partial charge in [-0.3, -0.25) is 0 Å². The van der Waals surface area contributed by atoms with Gasteiger partial charge in [0.1, 0.15) is 11.5 Å². The quantitative estimate of drug-likeness (QED) is 0.145. The van der Waals surface area contributed by atoms with Crippen LogP contribution in [0.1, 0.15) is 27.7 Å². The molecule has 1 aliphatic heterocycles. The summed E-state index contributed by atoms with van der Waals surface area (Å²) in [5.74, 6) is 2.10. The largest absolute Gasteiger partial charge is 0.575 e. The van der Waals surface area contributed by atoms with Crippen LogP contribution in [-0.2, 0) is 0 Å². The highest BCUT2D eigenvalue weighted by atomic mass is 29.6. The van der Waals surface area contributed by atoms with E-state index in [0.29, 0.717) is 0 Å². The van der Waals surface area contributed by atoms with Crippen molar-refractivity contribution in [2.75, 3.05) is 0 Å². The summed E-state index contributed by atoms with van der Waals surface area (Å²) >= 11 is 0. The van der Waals surface area contributed by atoms with Crippen molar-refractivity contribution in [2.45, 2.75) is 215 Å². The zero-order chi connectivity index (χ0) is 43.7. The Morgan fingerprint density at radius 2 is 0.673 bits per heavy atom. The predicted octanol–water partition coefficient (Wildman–Crippen LogP) is 14.2. The number of rotatable bonds is 17. The van der Waals surface area contributed by atoms with Crippen molar-refractivity contribution < 1.29 is 9.31 Å². The minimum atomic E-state index is -2.26. The molecule has 0 amide bonds. The van der Waals surface area contributed by atoms with Crippen LogP contribution in [0.25, 0.3) is 0 Å².